The number of carbonyl (C=O) groups is 1. The van der Waals surface area contributed by atoms with Crippen LogP contribution in [0.25, 0.3) is 0 Å². The van der Waals surface area contributed by atoms with E-state index in [0.29, 0.717) is 13.1 Å². The van der Waals surface area contributed by atoms with Crippen LogP contribution in [0.15, 0.2) is 42.5 Å². The van der Waals surface area contributed by atoms with Crippen LogP contribution in [-0.4, -0.2) is 28.1 Å². The fourth-order valence-corrected chi connectivity index (χ4v) is 2.03. The third-order valence-electron chi connectivity index (χ3n) is 3.24. The highest BCUT2D eigenvalue weighted by atomic mass is 16.3. The van der Waals surface area contributed by atoms with Gasteiger partial charge in [0.1, 0.15) is 11.5 Å². The maximum atomic E-state index is 12.3. The lowest BCUT2D eigenvalue weighted by atomic mass is 10.1. The Balaban J connectivity index is 2.13. The van der Waals surface area contributed by atoms with Gasteiger partial charge in [0, 0.05) is 20.1 Å². The van der Waals surface area contributed by atoms with Crippen LogP contribution in [-0.2, 0) is 13.1 Å². The van der Waals surface area contributed by atoms with Crippen molar-refractivity contribution in [1.29, 1.82) is 0 Å². The molecule has 0 spiro atoms. The molecule has 0 aromatic heterocycles. The van der Waals surface area contributed by atoms with Crippen LogP contribution in [0.2, 0.25) is 0 Å². The van der Waals surface area contributed by atoms with E-state index >= 15 is 0 Å². The van der Waals surface area contributed by atoms with Crippen molar-refractivity contribution in [1.82, 2.24) is 4.90 Å². The minimum absolute atomic E-state index is 0.0585. The van der Waals surface area contributed by atoms with E-state index in [1.165, 1.54) is 23.1 Å². The number of nitrogens with zero attached hydrogens (tertiary/aromatic N) is 1. The molecule has 2 aromatic carbocycles. The quantitative estimate of drug-likeness (QED) is 0.748. The molecule has 0 saturated heterocycles. The maximum absolute atomic E-state index is 12.3. The van der Waals surface area contributed by atoms with E-state index in [9.17, 15) is 15.0 Å². The number of hydrogen-bond acceptors (Lipinski definition) is 4. The third kappa shape index (κ3) is 3.52. The van der Waals surface area contributed by atoms with Crippen molar-refractivity contribution in [2.45, 2.75) is 13.1 Å². The molecule has 0 fully saturated rings. The topological polar surface area (TPSA) is 86.8 Å². The zero-order chi connectivity index (χ0) is 15.4. The maximum Gasteiger partial charge on any atom is 0.257 e. The molecule has 21 heavy (non-hydrogen) atoms. The summed E-state index contributed by atoms with van der Waals surface area (Å²) >= 11 is 0. The number of rotatable bonds is 4. The van der Waals surface area contributed by atoms with Gasteiger partial charge < -0.3 is 20.8 Å². The van der Waals surface area contributed by atoms with Gasteiger partial charge in [0.05, 0.1) is 5.56 Å². The summed E-state index contributed by atoms with van der Waals surface area (Å²) in [6.45, 7) is 0.880. The predicted molar refractivity (Wildman–Crippen MR) is 79.9 cm³/mol. The Morgan fingerprint density at radius 3 is 2.33 bits per heavy atom. The Hall–Kier alpha value is -2.53. The summed E-state index contributed by atoms with van der Waals surface area (Å²) in [5, 5.41) is 19.1. The summed E-state index contributed by atoms with van der Waals surface area (Å²) in [5.74, 6) is -0.564. The number of carbonyl (C=O) groups excluding carboxylic acids is 1. The molecular formula is C16H18N2O3. The van der Waals surface area contributed by atoms with E-state index in [-0.39, 0.29) is 23.0 Å². The van der Waals surface area contributed by atoms with Crippen LogP contribution in [0.5, 0.6) is 11.5 Å². The summed E-state index contributed by atoms with van der Waals surface area (Å²) in [6.07, 6.45) is 0. The van der Waals surface area contributed by atoms with Crippen molar-refractivity contribution in [3.05, 3.63) is 59.2 Å². The van der Waals surface area contributed by atoms with Gasteiger partial charge in [-0.3, -0.25) is 4.79 Å². The van der Waals surface area contributed by atoms with Gasteiger partial charge in [-0.25, -0.2) is 0 Å². The molecule has 110 valence electrons. The summed E-state index contributed by atoms with van der Waals surface area (Å²) in [6, 6.07) is 11.5. The number of aromatic hydroxyl groups is 2. The Morgan fingerprint density at radius 1 is 1.10 bits per heavy atom. The van der Waals surface area contributed by atoms with Gasteiger partial charge in [-0.15, -0.1) is 0 Å². The van der Waals surface area contributed by atoms with Crippen molar-refractivity contribution in [2.24, 2.45) is 5.73 Å². The fourth-order valence-electron chi connectivity index (χ4n) is 2.03. The molecule has 2 aromatic rings. The van der Waals surface area contributed by atoms with Crippen LogP contribution < -0.4 is 5.73 Å². The predicted octanol–water partition coefficient (Wildman–Crippen LogP) is 1.83. The first-order valence-corrected chi connectivity index (χ1v) is 6.56. The molecule has 4 N–H and O–H groups in total. The van der Waals surface area contributed by atoms with Crippen LogP contribution in [0.3, 0.4) is 0 Å². The minimum atomic E-state index is -0.355. The molecule has 0 aliphatic rings. The molecule has 0 aliphatic heterocycles. The normalized spacial score (nSPS) is 10.4. The van der Waals surface area contributed by atoms with E-state index < -0.39 is 0 Å². The molecule has 0 unspecified atom stereocenters. The molecule has 0 saturated carbocycles. The molecule has 0 heterocycles. The Morgan fingerprint density at radius 2 is 1.71 bits per heavy atom. The number of hydrogen-bond donors (Lipinski definition) is 3. The van der Waals surface area contributed by atoms with Gasteiger partial charge >= 0.3 is 0 Å². The van der Waals surface area contributed by atoms with Gasteiger partial charge in [0.15, 0.2) is 0 Å². The van der Waals surface area contributed by atoms with Crippen molar-refractivity contribution < 1.29 is 15.0 Å². The number of phenolic OH excluding ortho intramolecular Hbond substituents is 2. The van der Waals surface area contributed by atoms with Crippen molar-refractivity contribution in [2.75, 3.05) is 7.05 Å². The summed E-state index contributed by atoms with van der Waals surface area (Å²) in [4.78, 5) is 13.8. The third-order valence-corrected chi connectivity index (χ3v) is 3.24. The molecule has 0 aliphatic carbocycles. The first kappa shape index (κ1) is 14.9. The Kier molecular flexibility index (Phi) is 4.45. The van der Waals surface area contributed by atoms with E-state index in [4.69, 9.17) is 5.73 Å². The Bertz CT molecular complexity index is 638. The average molecular weight is 286 g/mol. The van der Waals surface area contributed by atoms with Crippen LogP contribution in [0.1, 0.15) is 21.5 Å². The molecule has 1 amide bonds. The lowest BCUT2D eigenvalue weighted by molar-refractivity contribution is 0.0781. The smallest absolute Gasteiger partial charge is 0.257 e. The van der Waals surface area contributed by atoms with E-state index in [0.717, 1.165) is 11.1 Å². The number of benzene rings is 2. The molecule has 0 atom stereocenters. The molecule has 5 heteroatoms. The van der Waals surface area contributed by atoms with E-state index in [1.54, 1.807) is 7.05 Å². The largest absolute Gasteiger partial charge is 0.508 e. The van der Waals surface area contributed by atoms with Gasteiger partial charge in [-0.1, -0.05) is 24.3 Å². The van der Waals surface area contributed by atoms with Crippen molar-refractivity contribution in [3.63, 3.8) is 0 Å². The number of amides is 1. The Labute approximate surface area is 123 Å². The van der Waals surface area contributed by atoms with Crippen LogP contribution >= 0.6 is 0 Å². The first-order valence-electron chi connectivity index (χ1n) is 6.56. The van der Waals surface area contributed by atoms with Crippen LogP contribution in [0, 0.1) is 0 Å². The van der Waals surface area contributed by atoms with E-state index in [1.807, 2.05) is 24.3 Å². The molecule has 0 radical (unpaired) electrons. The van der Waals surface area contributed by atoms with Crippen molar-refractivity contribution in [3.8, 4) is 11.5 Å². The highest BCUT2D eigenvalue weighted by molar-refractivity contribution is 5.97. The van der Waals surface area contributed by atoms with Crippen LogP contribution in [0.4, 0.5) is 0 Å². The lowest BCUT2D eigenvalue weighted by Crippen LogP contribution is -2.26. The second kappa shape index (κ2) is 6.28. The molecule has 2 rings (SSSR count). The standard InChI is InChI=1S/C16H18N2O3/c1-18(10-12-4-2-11(9-17)3-5-12)16(21)14-8-13(19)6-7-15(14)20/h2-8,19-20H,9-10,17H2,1H3. The summed E-state index contributed by atoms with van der Waals surface area (Å²) in [5.41, 5.74) is 7.61. The highest BCUT2D eigenvalue weighted by Crippen LogP contribution is 2.23. The molecule has 5 nitrogen and oxygen atoms in total. The zero-order valence-corrected chi connectivity index (χ0v) is 11.8. The second-order valence-corrected chi connectivity index (χ2v) is 4.88. The fraction of sp³-hybridized carbons (Fsp3) is 0.188. The highest BCUT2D eigenvalue weighted by Gasteiger charge is 2.16. The lowest BCUT2D eigenvalue weighted by Gasteiger charge is -2.18. The van der Waals surface area contributed by atoms with Gasteiger partial charge in [-0.2, -0.15) is 0 Å². The van der Waals surface area contributed by atoms with E-state index in [2.05, 4.69) is 0 Å². The number of nitrogens with two attached hydrogens (primary N) is 1. The zero-order valence-electron chi connectivity index (χ0n) is 11.8. The average Bonchev–Trinajstić information content (AvgIpc) is 2.49. The van der Waals surface area contributed by atoms with Crippen molar-refractivity contribution >= 4 is 5.91 Å². The van der Waals surface area contributed by atoms with Gasteiger partial charge in [-0.05, 0) is 29.3 Å². The minimum Gasteiger partial charge on any atom is -0.508 e. The summed E-state index contributed by atoms with van der Waals surface area (Å²) in [7, 11) is 1.64. The monoisotopic (exact) mass is 286 g/mol. The SMILES string of the molecule is CN(Cc1ccc(CN)cc1)C(=O)c1cc(O)ccc1O. The van der Waals surface area contributed by atoms with Gasteiger partial charge in [0.25, 0.3) is 5.91 Å². The first-order chi connectivity index (χ1) is 10.0. The second-order valence-electron chi connectivity index (χ2n) is 4.88. The number of phenols is 2. The summed E-state index contributed by atoms with van der Waals surface area (Å²) < 4.78 is 0. The molecule has 0 bridgehead atoms. The van der Waals surface area contributed by atoms with Gasteiger partial charge in [0.2, 0.25) is 0 Å². The molecular weight excluding hydrogens is 268 g/mol.